The van der Waals surface area contributed by atoms with Gasteiger partial charge in [-0.1, -0.05) is 19.9 Å². The first kappa shape index (κ1) is 22.0. The van der Waals surface area contributed by atoms with Gasteiger partial charge in [0, 0.05) is 35.1 Å². The fourth-order valence-electron chi connectivity index (χ4n) is 4.69. The maximum Gasteiger partial charge on any atom is 0.138 e. The molecular formula is C25H30N6OS. The lowest BCUT2D eigenvalue weighted by molar-refractivity contribution is 0.310. The quantitative estimate of drug-likeness (QED) is 0.556. The van der Waals surface area contributed by atoms with Gasteiger partial charge in [-0.05, 0) is 67.4 Å². The van der Waals surface area contributed by atoms with Crippen molar-refractivity contribution in [1.82, 2.24) is 19.7 Å². The number of aryl methyl sites for hydroxylation is 1. The number of nitrogen functional groups attached to an aromatic ring is 1. The van der Waals surface area contributed by atoms with Crippen molar-refractivity contribution in [1.29, 1.82) is 0 Å². The first-order chi connectivity index (χ1) is 15.9. The van der Waals surface area contributed by atoms with Crippen LogP contribution in [0.2, 0.25) is 0 Å². The molecule has 0 saturated carbocycles. The second-order valence-corrected chi connectivity index (χ2v) is 10.5. The van der Waals surface area contributed by atoms with E-state index in [0.717, 1.165) is 65.5 Å². The molecule has 172 valence electrons. The first-order valence-corrected chi connectivity index (χ1v) is 12.2. The van der Waals surface area contributed by atoms with Crippen LogP contribution in [0.1, 0.15) is 37.1 Å². The first-order valence-electron chi connectivity index (χ1n) is 11.4. The number of benzene rings is 1. The smallest absolute Gasteiger partial charge is 0.138 e. The van der Waals surface area contributed by atoms with Crippen molar-refractivity contribution < 1.29 is 4.74 Å². The topological polar surface area (TPSA) is 89.2 Å². The molecule has 0 radical (unpaired) electrons. The van der Waals surface area contributed by atoms with Gasteiger partial charge in [-0.25, -0.2) is 15.0 Å². The van der Waals surface area contributed by atoms with Gasteiger partial charge < -0.3 is 15.4 Å². The molecule has 33 heavy (non-hydrogen) atoms. The van der Waals surface area contributed by atoms with Crippen LogP contribution in [0, 0.1) is 5.41 Å². The SMILES string of the molecule is CNSc1cc(-c2ccc3c(c2)CN(c2ncnc4c2CC(C)(C)CC4)CCO3)cnc1N. The summed E-state index contributed by atoms with van der Waals surface area (Å²) in [5.74, 6) is 2.51. The summed E-state index contributed by atoms with van der Waals surface area (Å²) in [7, 11) is 1.87. The molecule has 1 aliphatic heterocycles. The van der Waals surface area contributed by atoms with E-state index in [1.54, 1.807) is 6.33 Å². The van der Waals surface area contributed by atoms with Gasteiger partial charge in [0.25, 0.3) is 0 Å². The number of ether oxygens (including phenoxy) is 1. The van der Waals surface area contributed by atoms with Gasteiger partial charge in [-0.15, -0.1) is 0 Å². The molecule has 0 unspecified atom stereocenters. The molecule has 3 aromatic rings. The Kier molecular flexibility index (Phi) is 5.88. The molecule has 3 heterocycles. The molecule has 0 bridgehead atoms. The van der Waals surface area contributed by atoms with Crippen LogP contribution in [0.4, 0.5) is 11.6 Å². The zero-order valence-electron chi connectivity index (χ0n) is 19.4. The Morgan fingerprint density at radius 2 is 2.03 bits per heavy atom. The average Bonchev–Trinajstić information content (AvgIpc) is 3.01. The molecule has 3 N–H and O–H groups in total. The summed E-state index contributed by atoms with van der Waals surface area (Å²) in [5, 5.41) is 0. The van der Waals surface area contributed by atoms with Crippen molar-refractivity contribution in [3.05, 3.63) is 53.6 Å². The third kappa shape index (κ3) is 4.50. The number of anilines is 2. The normalized spacial score (nSPS) is 17.0. The Bertz CT molecular complexity index is 1180. The van der Waals surface area contributed by atoms with Crippen LogP contribution in [-0.2, 0) is 19.4 Å². The van der Waals surface area contributed by atoms with E-state index in [0.29, 0.717) is 12.4 Å². The largest absolute Gasteiger partial charge is 0.491 e. The fraction of sp³-hybridized carbons (Fsp3) is 0.400. The monoisotopic (exact) mass is 462 g/mol. The van der Waals surface area contributed by atoms with Gasteiger partial charge in [0.1, 0.15) is 30.3 Å². The lowest BCUT2D eigenvalue weighted by atomic mass is 9.76. The number of hydrogen-bond donors (Lipinski definition) is 2. The van der Waals surface area contributed by atoms with Gasteiger partial charge in [0.15, 0.2) is 0 Å². The third-order valence-electron chi connectivity index (χ3n) is 6.47. The summed E-state index contributed by atoms with van der Waals surface area (Å²) in [4.78, 5) is 17.0. The van der Waals surface area contributed by atoms with Crippen LogP contribution in [0.3, 0.4) is 0 Å². The highest BCUT2D eigenvalue weighted by molar-refractivity contribution is 7.97. The molecule has 2 aliphatic rings. The van der Waals surface area contributed by atoms with E-state index in [4.69, 9.17) is 15.5 Å². The number of rotatable bonds is 4. The zero-order valence-corrected chi connectivity index (χ0v) is 20.2. The van der Waals surface area contributed by atoms with Crippen molar-refractivity contribution in [3.63, 3.8) is 0 Å². The summed E-state index contributed by atoms with van der Waals surface area (Å²) in [5.41, 5.74) is 12.1. The minimum Gasteiger partial charge on any atom is -0.491 e. The molecule has 1 aliphatic carbocycles. The molecule has 7 nitrogen and oxygen atoms in total. The number of aromatic nitrogens is 3. The number of nitrogens with two attached hydrogens (primary N) is 1. The number of nitrogens with zero attached hydrogens (tertiary/aromatic N) is 4. The highest BCUT2D eigenvalue weighted by Crippen LogP contribution is 2.39. The Hall–Kier alpha value is -2.84. The Morgan fingerprint density at radius 3 is 2.88 bits per heavy atom. The van der Waals surface area contributed by atoms with Crippen molar-refractivity contribution >= 4 is 23.6 Å². The van der Waals surface area contributed by atoms with Crippen LogP contribution in [0.15, 0.2) is 41.7 Å². The Labute approximate surface area is 199 Å². The minimum atomic E-state index is 0.269. The molecule has 1 aromatic carbocycles. The van der Waals surface area contributed by atoms with Gasteiger partial charge in [-0.2, -0.15) is 0 Å². The van der Waals surface area contributed by atoms with Crippen LogP contribution in [0.25, 0.3) is 11.1 Å². The second-order valence-electron chi connectivity index (χ2n) is 9.47. The van der Waals surface area contributed by atoms with Crippen molar-refractivity contribution in [2.45, 2.75) is 44.6 Å². The zero-order chi connectivity index (χ0) is 23.0. The van der Waals surface area contributed by atoms with E-state index in [1.807, 2.05) is 13.2 Å². The minimum absolute atomic E-state index is 0.269. The number of pyridine rings is 1. The van der Waals surface area contributed by atoms with E-state index in [2.05, 4.69) is 57.7 Å². The third-order valence-corrected chi connectivity index (χ3v) is 7.22. The predicted octanol–water partition coefficient (Wildman–Crippen LogP) is 4.26. The molecule has 5 rings (SSSR count). The van der Waals surface area contributed by atoms with Crippen LogP contribution in [0.5, 0.6) is 5.75 Å². The number of fused-ring (bicyclic) bond motifs is 2. The molecule has 0 atom stereocenters. The lowest BCUT2D eigenvalue weighted by Gasteiger charge is -2.33. The Morgan fingerprint density at radius 1 is 1.15 bits per heavy atom. The molecule has 0 amide bonds. The number of hydrogen-bond acceptors (Lipinski definition) is 8. The summed E-state index contributed by atoms with van der Waals surface area (Å²) in [6.07, 6.45) is 6.73. The van der Waals surface area contributed by atoms with Crippen molar-refractivity contribution in [2.75, 3.05) is 30.8 Å². The van der Waals surface area contributed by atoms with Crippen molar-refractivity contribution in [3.8, 4) is 16.9 Å². The molecular weight excluding hydrogens is 432 g/mol. The highest BCUT2D eigenvalue weighted by Gasteiger charge is 2.30. The number of nitrogens with one attached hydrogen (secondary N) is 1. The summed E-state index contributed by atoms with van der Waals surface area (Å²) >= 11 is 1.47. The Balaban J connectivity index is 1.49. The molecule has 0 saturated heterocycles. The summed E-state index contributed by atoms with van der Waals surface area (Å²) < 4.78 is 9.20. The lowest BCUT2D eigenvalue weighted by Crippen LogP contribution is -2.31. The van der Waals surface area contributed by atoms with Crippen LogP contribution < -0.4 is 20.1 Å². The van der Waals surface area contributed by atoms with Crippen LogP contribution >= 0.6 is 11.9 Å². The van der Waals surface area contributed by atoms with Gasteiger partial charge in [0.2, 0.25) is 0 Å². The molecule has 2 aromatic heterocycles. The van der Waals surface area contributed by atoms with E-state index < -0.39 is 0 Å². The van der Waals surface area contributed by atoms with Crippen LogP contribution in [-0.4, -0.2) is 35.2 Å². The molecule has 0 spiro atoms. The standard InChI is InChI=1S/C25H30N6OS/c1-25(2)7-6-20-19(12-25)24(30-15-29-20)31-8-9-32-21-5-4-16(10-18(21)14-31)17-11-22(33-27-3)23(26)28-13-17/h4-5,10-11,13,15,27H,6-9,12,14H2,1-3H3,(H2,26,28). The van der Waals surface area contributed by atoms with E-state index in [9.17, 15) is 0 Å². The van der Waals surface area contributed by atoms with Crippen molar-refractivity contribution in [2.24, 2.45) is 5.41 Å². The maximum absolute atomic E-state index is 6.12. The fourth-order valence-corrected chi connectivity index (χ4v) is 5.25. The summed E-state index contributed by atoms with van der Waals surface area (Å²) in [6, 6.07) is 8.42. The summed E-state index contributed by atoms with van der Waals surface area (Å²) in [6.45, 7) is 6.83. The second kappa shape index (κ2) is 8.83. The average molecular weight is 463 g/mol. The van der Waals surface area contributed by atoms with Gasteiger partial charge >= 0.3 is 0 Å². The highest BCUT2D eigenvalue weighted by atomic mass is 32.2. The van der Waals surface area contributed by atoms with Gasteiger partial charge in [-0.3, -0.25) is 4.72 Å². The maximum atomic E-state index is 6.12. The van der Waals surface area contributed by atoms with E-state index in [-0.39, 0.29) is 5.41 Å². The molecule has 8 heteroatoms. The van der Waals surface area contributed by atoms with Gasteiger partial charge in [0.05, 0.1) is 11.4 Å². The van der Waals surface area contributed by atoms with E-state index in [1.165, 1.54) is 23.2 Å². The molecule has 0 fully saturated rings. The predicted molar refractivity (Wildman–Crippen MR) is 133 cm³/mol. The van der Waals surface area contributed by atoms with E-state index >= 15 is 0 Å².